The summed E-state index contributed by atoms with van der Waals surface area (Å²) in [6.07, 6.45) is 11.4. The molecule has 2 aromatic heterocycles. The molecule has 1 unspecified atom stereocenters. The number of amides is 1. The van der Waals surface area contributed by atoms with Crippen LogP contribution in [-0.2, 0) is 4.79 Å². The molecule has 9 heteroatoms. The molecule has 4 aromatic rings. The molecular weight excluding hydrogens is 516 g/mol. The summed E-state index contributed by atoms with van der Waals surface area (Å²) in [5.74, 6) is 1.10. The van der Waals surface area contributed by atoms with Gasteiger partial charge in [-0.2, -0.15) is 5.26 Å². The highest BCUT2D eigenvalue weighted by Gasteiger charge is 2.24. The number of aromatic nitrogens is 3. The Kier molecular flexibility index (Phi) is 7.68. The van der Waals surface area contributed by atoms with Gasteiger partial charge in [-0.3, -0.25) is 4.79 Å². The van der Waals surface area contributed by atoms with Gasteiger partial charge in [0.25, 0.3) is 5.91 Å². The van der Waals surface area contributed by atoms with Crippen LogP contribution in [0.5, 0.6) is 11.5 Å². The molecule has 1 atom stereocenters. The number of para-hydroxylation sites is 1. The molecule has 5 rings (SSSR count). The zero-order valence-electron chi connectivity index (χ0n) is 22.8. The number of aliphatic hydroxyl groups excluding tert-OH is 1. The maximum absolute atomic E-state index is 12.7. The predicted octanol–water partition coefficient (Wildman–Crippen LogP) is 5.23. The number of nitrogens with one attached hydrogen (secondary N) is 1. The minimum atomic E-state index is -0.841. The van der Waals surface area contributed by atoms with E-state index >= 15 is 0 Å². The molecule has 0 aliphatic heterocycles. The van der Waals surface area contributed by atoms with Crippen LogP contribution in [0.15, 0.2) is 97.0 Å². The second-order valence-corrected chi connectivity index (χ2v) is 10.4. The fourth-order valence-electron chi connectivity index (χ4n) is 4.62. The van der Waals surface area contributed by atoms with Gasteiger partial charge in [0.1, 0.15) is 40.9 Å². The fraction of sp³-hybridized carbons (Fsp3) is 0.188. The lowest BCUT2D eigenvalue weighted by Crippen LogP contribution is -2.46. The highest BCUT2D eigenvalue weighted by molar-refractivity contribution is 6.02. The van der Waals surface area contributed by atoms with Gasteiger partial charge in [0.15, 0.2) is 0 Å². The van der Waals surface area contributed by atoms with Crippen LogP contribution < -0.4 is 15.8 Å². The number of carbonyl (C=O) groups is 1. The first-order valence-corrected chi connectivity index (χ1v) is 13.2. The van der Waals surface area contributed by atoms with Crippen LogP contribution in [0.25, 0.3) is 27.9 Å². The number of ether oxygens (including phenoxy) is 1. The van der Waals surface area contributed by atoms with Crippen molar-refractivity contribution in [1.29, 1.82) is 5.26 Å². The summed E-state index contributed by atoms with van der Waals surface area (Å²) >= 11 is 0. The van der Waals surface area contributed by atoms with E-state index < -0.39 is 11.4 Å². The number of rotatable bonds is 8. The minimum absolute atomic E-state index is 0.00939. The lowest BCUT2D eigenvalue weighted by molar-refractivity contribution is -0.119. The van der Waals surface area contributed by atoms with Crippen LogP contribution in [0.1, 0.15) is 20.3 Å². The van der Waals surface area contributed by atoms with Crippen LogP contribution in [0.3, 0.4) is 0 Å². The molecule has 4 N–H and O–H groups in total. The van der Waals surface area contributed by atoms with Gasteiger partial charge in [-0.05, 0) is 56.2 Å². The van der Waals surface area contributed by atoms with Crippen LogP contribution in [-0.4, -0.2) is 37.7 Å². The van der Waals surface area contributed by atoms with Crippen molar-refractivity contribution in [2.75, 3.05) is 12.3 Å². The second kappa shape index (κ2) is 11.5. The molecule has 0 radical (unpaired) electrons. The molecule has 2 heterocycles. The first kappa shape index (κ1) is 27.4. The van der Waals surface area contributed by atoms with Crippen molar-refractivity contribution in [3.05, 3.63) is 97.0 Å². The lowest BCUT2D eigenvalue weighted by Gasteiger charge is -2.23. The summed E-state index contributed by atoms with van der Waals surface area (Å²) in [5.41, 5.74) is 8.86. The maximum atomic E-state index is 12.7. The van der Waals surface area contributed by atoms with Gasteiger partial charge in [-0.25, -0.2) is 9.97 Å². The van der Waals surface area contributed by atoms with Gasteiger partial charge in [-0.1, -0.05) is 48.6 Å². The smallest absolute Gasteiger partial charge is 0.262 e. The number of nitrogens with two attached hydrogens (primary N) is 1. The second-order valence-electron chi connectivity index (χ2n) is 10.4. The van der Waals surface area contributed by atoms with Crippen molar-refractivity contribution < 1.29 is 14.6 Å². The number of fused-ring (bicyclic) bond motifs is 1. The molecule has 1 aliphatic carbocycles. The van der Waals surface area contributed by atoms with Crippen molar-refractivity contribution >= 4 is 28.5 Å². The average molecular weight is 547 g/mol. The molecule has 0 fully saturated rings. The van der Waals surface area contributed by atoms with Gasteiger partial charge >= 0.3 is 0 Å². The van der Waals surface area contributed by atoms with Crippen LogP contribution in [0.2, 0.25) is 0 Å². The number of hydrogen-bond acceptors (Lipinski definition) is 7. The van der Waals surface area contributed by atoms with Crippen LogP contribution in [0.4, 0.5) is 5.82 Å². The van der Waals surface area contributed by atoms with E-state index in [2.05, 4.69) is 15.3 Å². The number of aliphatic hydroxyl groups is 1. The summed E-state index contributed by atoms with van der Waals surface area (Å²) in [6.45, 7) is 3.13. The minimum Gasteiger partial charge on any atom is -0.457 e. The SMILES string of the molecule is CC(C)(CO)NC(=O)C(C#N)=CC1C=CC=C(n2cc(-c3ccc(Oc4ccccc4)cc3)c3c(N)ncnc32)C1. The van der Waals surface area contributed by atoms with Crippen molar-refractivity contribution in [3.8, 4) is 28.7 Å². The van der Waals surface area contributed by atoms with Gasteiger partial charge < -0.3 is 25.5 Å². The van der Waals surface area contributed by atoms with E-state index in [1.807, 2.05) is 89.7 Å². The van der Waals surface area contributed by atoms with E-state index in [0.29, 0.717) is 23.6 Å². The summed E-state index contributed by atoms with van der Waals surface area (Å²) in [4.78, 5) is 21.5. The molecule has 0 saturated carbocycles. The number of nitrogens with zero attached hydrogens (tertiary/aromatic N) is 4. The van der Waals surface area contributed by atoms with Crippen LogP contribution in [0, 0.1) is 17.2 Å². The third kappa shape index (κ3) is 6.03. The molecule has 2 aromatic carbocycles. The average Bonchev–Trinajstić information content (AvgIpc) is 3.38. The molecule has 1 aliphatic rings. The molecule has 9 nitrogen and oxygen atoms in total. The Bertz CT molecular complexity index is 1710. The zero-order valence-corrected chi connectivity index (χ0v) is 22.8. The zero-order chi connectivity index (χ0) is 29.0. The van der Waals surface area contributed by atoms with Crippen molar-refractivity contribution in [2.24, 2.45) is 5.92 Å². The van der Waals surface area contributed by atoms with Crippen molar-refractivity contribution in [3.63, 3.8) is 0 Å². The van der Waals surface area contributed by atoms with E-state index in [1.165, 1.54) is 6.33 Å². The molecule has 0 spiro atoms. The number of nitriles is 1. The summed E-state index contributed by atoms with van der Waals surface area (Å²) < 4.78 is 7.92. The third-order valence-corrected chi connectivity index (χ3v) is 6.75. The Morgan fingerprint density at radius 2 is 1.93 bits per heavy atom. The van der Waals surface area contributed by atoms with E-state index in [9.17, 15) is 15.2 Å². The molecule has 1 amide bonds. The number of nitrogen functional groups attached to an aromatic ring is 1. The van der Waals surface area contributed by atoms with Gasteiger partial charge in [0, 0.05) is 23.4 Å². The first-order valence-electron chi connectivity index (χ1n) is 13.2. The van der Waals surface area contributed by atoms with Crippen LogP contribution >= 0.6 is 0 Å². The monoisotopic (exact) mass is 546 g/mol. The maximum Gasteiger partial charge on any atom is 0.262 e. The Morgan fingerprint density at radius 3 is 2.63 bits per heavy atom. The number of allylic oxidation sites excluding steroid dienone is 5. The predicted molar refractivity (Wildman–Crippen MR) is 158 cm³/mol. The summed E-state index contributed by atoms with van der Waals surface area (Å²) in [5, 5.41) is 22.6. The first-order chi connectivity index (χ1) is 19.8. The van der Waals surface area contributed by atoms with Crippen molar-refractivity contribution in [2.45, 2.75) is 25.8 Å². The molecule has 41 heavy (non-hydrogen) atoms. The molecule has 0 bridgehead atoms. The Morgan fingerprint density at radius 1 is 1.20 bits per heavy atom. The third-order valence-electron chi connectivity index (χ3n) is 6.75. The lowest BCUT2D eigenvalue weighted by atomic mass is 9.95. The van der Waals surface area contributed by atoms with Gasteiger partial charge in [-0.15, -0.1) is 0 Å². The van der Waals surface area contributed by atoms with E-state index in [1.54, 1.807) is 19.9 Å². The number of carbonyl (C=O) groups excluding carboxylic acids is 1. The highest BCUT2D eigenvalue weighted by Crippen LogP contribution is 2.37. The number of anilines is 1. The normalized spacial score (nSPS) is 15.3. The highest BCUT2D eigenvalue weighted by atomic mass is 16.5. The van der Waals surface area contributed by atoms with E-state index in [0.717, 1.165) is 28.0 Å². The summed E-state index contributed by atoms with van der Waals surface area (Å²) in [7, 11) is 0. The Labute approximate surface area is 237 Å². The van der Waals surface area contributed by atoms with E-state index in [4.69, 9.17) is 10.5 Å². The van der Waals surface area contributed by atoms with Gasteiger partial charge in [0.05, 0.1) is 17.5 Å². The quantitative estimate of drug-likeness (QED) is 0.203. The summed E-state index contributed by atoms with van der Waals surface area (Å²) in [6, 6.07) is 19.3. The standard InChI is InChI=1S/C32H30N6O3/c1-32(2,19-39)37-31(40)23(17-33)15-21-7-6-8-24(16-21)38-18-27(28-29(34)35-20-36-30(28)38)22-11-13-26(14-12-22)41-25-9-4-3-5-10-25/h3-15,18,20-21,39H,16,19H2,1-2H3,(H,37,40)(H2,34,35,36). The number of hydrogen-bond donors (Lipinski definition) is 3. The van der Waals surface area contributed by atoms with Crippen molar-refractivity contribution in [1.82, 2.24) is 19.9 Å². The fourth-order valence-corrected chi connectivity index (χ4v) is 4.62. The topological polar surface area (TPSA) is 139 Å². The Hall–Kier alpha value is -5.20. The molecule has 206 valence electrons. The van der Waals surface area contributed by atoms with Gasteiger partial charge in [0.2, 0.25) is 0 Å². The largest absolute Gasteiger partial charge is 0.457 e. The number of benzene rings is 2. The molecular formula is C32H30N6O3. The Balaban J connectivity index is 1.44. The van der Waals surface area contributed by atoms with E-state index in [-0.39, 0.29) is 18.1 Å². The molecule has 0 saturated heterocycles.